The number of benzene rings is 1. The van der Waals surface area contributed by atoms with Crippen LogP contribution in [0.4, 0.5) is 0 Å². The first-order valence-corrected chi connectivity index (χ1v) is 7.17. The van der Waals surface area contributed by atoms with Crippen molar-refractivity contribution < 1.29 is 14.2 Å². The monoisotopic (exact) mass is 329 g/mol. The van der Waals surface area contributed by atoms with Crippen LogP contribution in [0.2, 0.25) is 0 Å². The standard InChI is InChI=1S/C14H20BrNO3/c1-17-14(18-2)10-16-6-7-19-13(9-16)11-4-3-5-12(15)8-11/h3-5,8,13-14H,6-7,9-10H2,1-2H3. The highest BCUT2D eigenvalue weighted by Crippen LogP contribution is 2.24. The van der Waals surface area contributed by atoms with Gasteiger partial charge < -0.3 is 14.2 Å². The molecule has 19 heavy (non-hydrogen) atoms. The minimum atomic E-state index is -0.179. The lowest BCUT2D eigenvalue weighted by Gasteiger charge is -2.34. The lowest BCUT2D eigenvalue weighted by atomic mass is 10.1. The number of methoxy groups -OCH3 is 2. The molecule has 0 aromatic heterocycles. The molecule has 5 heteroatoms. The number of ether oxygens (including phenoxy) is 3. The van der Waals surface area contributed by atoms with Gasteiger partial charge in [-0.05, 0) is 17.7 Å². The molecular formula is C14H20BrNO3. The van der Waals surface area contributed by atoms with Crippen LogP contribution in [-0.2, 0) is 14.2 Å². The molecule has 0 N–H and O–H groups in total. The predicted octanol–water partition coefficient (Wildman–Crippen LogP) is 2.44. The van der Waals surface area contributed by atoms with Gasteiger partial charge in [-0.2, -0.15) is 0 Å². The third-order valence-corrected chi connectivity index (χ3v) is 3.80. The van der Waals surface area contributed by atoms with Crippen LogP contribution in [0.15, 0.2) is 28.7 Å². The first kappa shape index (κ1) is 14.9. The van der Waals surface area contributed by atoms with Gasteiger partial charge in [-0.25, -0.2) is 0 Å². The zero-order valence-corrected chi connectivity index (χ0v) is 12.9. The predicted molar refractivity (Wildman–Crippen MR) is 77.1 cm³/mol. The number of halogens is 1. The Bertz CT molecular complexity index is 398. The summed E-state index contributed by atoms with van der Waals surface area (Å²) in [4.78, 5) is 2.31. The maximum atomic E-state index is 5.85. The van der Waals surface area contributed by atoms with Crippen molar-refractivity contribution in [2.24, 2.45) is 0 Å². The summed E-state index contributed by atoms with van der Waals surface area (Å²) < 4.78 is 17.4. The fourth-order valence-electron chi connectivity index (χ4n) is 2.23. The summed E-state index contributed by atoms with van der Waals surface area (Å²) in [5.41, 5.74) is 1.20. The van der Waals surface area contributed by atoms with Crippen molar-refractivity contribution in [3.63, 3.8) is 0 Å². The van der Waals surface area contributed by atoms with Crippen LogP contribution in [0, 0.1) is 0 Å². The Morgan fingerprint density at radius 1 is 1.42 bits per heavy atom. The molecule has 1 unspecified atom stereocenters. The Kier molecular flexibility index (Phi) is 5.78. The first-order chi connectivity index (χ1) is 9.22. The van der Waals surface area contributed by atoms with Crippen molar-refractivity contribution >= 4 is 15.9 Å². The summed E-state index contributed by atoms with van der Waals surface area (Å²) in [6.45, 7) is 3.27. The largest absolute Gasteiger partial charge is 0.371 e. The van der Waals surface area contributed by atoms with E-state index in [2.05, 4.69) is 33.0 Å². The lowest BCUT2D eigenvalue weighted by Crippen LogP contribution is -2.43. The molecule has 1 aliphatic rings. The molecule has 1 aliphatic heterocycles. The van der Waals surface area contributed by atoms with Gasteiger partial charge in [0.15, 0.2) is 6.29 Å². The van der Waals surface area contributed by atoms with E-state index >= 15 is 0 Å². The van der Waals surface area contributed by atoms with Crippen LogP contribution in [0.3, 0.4) is 0 Å². The Labute approximate surface area is 122 Å². The third-order valence-electron chi connectivity index (χ3n) is 3.30. The Balaban J connectivity index is 1.97. The maximum absolute atomic E-state index is 5.85. The molecule has 1 aromatic rings. The highest BCUT2D eigenvalue weighted by Gasteiger charge is 2.24. The van der Waals surface area contributed by atoms with Crippen LogP contribution in [0.25, 0.3) is 0 Å². The van der Waals surface area contributed by atoms with E-state index in [0.29, 0.717) is 0 Å². The fraction of sp³-hybridized carbons (Fsp3) is 0.571. The van der Waals surface area contributed by atoms with Crippen LogP contribution >= 0.6 is 15.9 Å². The smallest absolute Gasteiger partial charge is 0.169 e. The number of rotatable bonds is 5. The second-order valence-electron chi connectivity index (χ2n) is 4.57. The topological polar surface area (TPSA) is 30.9 Å². The molecule has 2 rings (SSSR count). The first-order valence-electron chi connectivity index (χ1n) is 6.38. The summed E-state index contributed by atoms with van der Waals surface area (Å²) in [6.07, 6.45) is -0.0677. The number of hydrogen-bond donors (Lipinski definition) is 0. The van der Waals surface area contributed by atoms with Gasteiger partial charge in [-0.15, -0.1) is 0 Å². The summed E-state index contributed by atoms with van der Waals surface area (Å²) >= 11 is 3.50. The van der Waals surface area contributed by atoms with Crippen LogP contribution < -0.4 is 0 Å². The van der Waals surface area contributed by atoms with Crippen molar-refractivity contribution in [2.75, 3.05) is 40.5 Å². The van der Waals surface area contributed by atoms with Crippen LogP contribution in [-0.4, -0.2) is 51.7 Å². The van der Waals surface area contributed by atoms with Crippen molar-refractivity contribution in [3.05, 3.63) is 34.3 Å². The SMILES string of the molecule is COC(CN1CCOC(c2cccc(Br)c2)C1)OC. The van der Waals surface area contributed by atoms with E-state index in [4.69, 9.17) is 14.2 Å². The molecule has 0 aliphatic carbocycles. The minimum absolute atomic E-state index is 0.112. The molecule has 0 bridgehead atoms. The van der Waals surface area contributed by atoms with Crippen LogP contribution in [0.1, 0.15) is 11.7 Å². The molecular weight excluding hydrogens is 310 g/mol. The van der Waals surface area contributed by atoms with Crippen molar-refractivity contribution in [3.8, 4) is 0 Å². The minimum Gasteiger partial charge on any atom is -0.371 e. The third kappa shape index (κ3) is 4.26. The molecule has 1 fully saturated rings. The van der Waals surface area contributed by atoms with Gasteiger partial charge in [-0.1, -0.05) is 28.1 Å². The zero-order chi connectivity index (χ0) is 13.7. The summed E-state index contributed by atoms with van der Waals surface area (Å²) in [7, 11) is 3.33. The van der Waals surface area contributed by atoms with Crippen LogP contribution in [0.5, 0.6) is 0 Å². The van der Waals surface area contributed by atoms with Gasteiger partial charge in [-0.3, -0.25) is 4.90 Å². The second kappa shape index (κ2) is 7.36. The highest BCUT2D eigenvalue weighted by molar-refractivity contribution is 9.10. The van der Waals surface area contributed by atoms with Gasteiger partial charge in [0, 0.05) is 38.3 Å². The summed E-state index contributed by atoms with van der Waals surface area (Å²) in [6, 6.07) is 8.27. The second-order valence-corrected chi connectivity index (χ2v) is 5.49. The van der Waals surface area contributed by atoms with E-state index in [0.717, 1.165) is 30.7 Å². The Morgan fingerprint density at radius 3 is 2.89 bits per heavy atom. The number of morpholine rings is 1. The van der Waals surface area contributed by atoms with E-state index in [9.17, 15) is 0 Å². The highest BCUT2D eigenvalue weighted by atomic mass is 79.9. The average molecular weight is 330 g/mol. The lowest BCUT2D eigenvalue weighted by molar-refractivity contribution is -0.131. The maximum Gasteiger partial charge on any atom is 0.169 e. The molecule has 1 saturated heterocycles. The number of nitrogens with zero attached hydrogens (tertiary/aromatic N) is 1. The van der Waals surface area contributed by atoms with Gasteiger partial charge in [0.25, 0.3) is 0 Å². The van der Waals surface area contributed by atoms with E-state index in [-0.39, 0.29) is 12.4 Å². The zero-order valence-electron chi connectivity index (χ0n) is 11.3. The molecule has 0 spiro atoms. The van der Waals surface area contributed by atoms with Gasteiger partial charge >= 0.3 is 0 Å². The number of hydrogen-bond acceptors (Lipinski definition) is 4. The van der Waals surface area contributed by atoms with Crippen molar-refractivity contribution in [2.45, 2.75) is 12.4 Å². The molecule has 1 atom stereocenters. The molecule has 0 radical (unpaired) electrons. The van der Waals surface area contributed by atoms with Crippen molar-refractivity contribution in [1.82, 2.24) is 4.90 Å². The Morgan fingerprint density at radius 2 is 2.21 bits per heavy atom. The van der Waals surface area contributed by atoms with Gasteiger partial charge in [0.05, 0.1) is 12.7 Å². The molecule has 0 saturated carbocycles. The van der Waals surface area contributed by atoms with Gasteiger partial charge in [0.1, 0.15) is 0 Å². The molecule has 1 heterocycles. The summed E-state index contributed by atoms with van der Waals surface area (Å²) in [5, 5.41) is 0. The van der Waals surface area contributed by atoms with E-state index < -0.39 is 0 Å². The van der Waals surface area contributed by atoms with Gasteiger partial charge in [0.2, 0.25) is 0 Å². The molecule has 106 valence electrons. The van der Waals surface area contributed by atoms with Crippen molar-refractivity contribution in [1.29, 1.82) is 0 Å². The van der Waals surface area contributed by atoms with E-state index in [1.807, 2.05) is 12.1 Å². The quantitative estimate of drug-likeness (QED) is 0.776. The normalized spacial score (nSPS) is 20.9. The molecule has 0 amide bonds. The Hall–Kier alpha value is -0.460. The van der Waals surface area contributed by atoms with E-state index in [1.54, 1.807) is 14.2 Å². The molecule has 1 aromatic carbocycles. The summed E-state index contributed by atoms with van der Waals surface area (Å²) in [5.74, 6) is 0. The van der Waals surface area contributed by atoms with E-state index in [1.165, 1.54) is 5.56 Å². The molecule has 4 nitrogen and oxygen atoms in total. The fourth-order valence-corrected chi connectivity index (χ4v) is 2.65. The average Bonchev–Trinajstić information content (AvgIpc) is 2.45.